The third-order valence-electron chi connectivity index (χ3n) is 1.77. The monoisotopic (exact) mass is 210 g/mol. The number of hydrogen-bond donors (Lipinski definition) is 2. The Bertz CT molecular complexity index is 341. The van der Waals surface area contributed by atoms with E-state index in [0.717, 1.165) is 0 Å². The summed E-state index contributed by atoms with van der Waals surface area (Å²) in [7, 11) is 1.50. The standard InChI is InChI=1S/C9H14N4O2/c1-6(10)8(14)13-5-7-9(15-2)12-4-3-11-7/h3-4,6H,5,10H2,1-2H3,(H,13,14). The lowest BCUT2D eigenvalue weighted by molar-refractivity contribution is -0.122. The van der Waals surface area contributed by atoms with E-state index >= 15 is 0 Å². The lowest BCUT2D eigenvalue weighted by Crippen LogP contribution is -2.38. The molecule has 0 aliphatic rings. The van der Waals surface area contributed by atoms with Crippen LogP contribution in [0.25, 0.3) is 0 Å². The number of nitrogens with two attached hydrogens (primary N) is 1. The maximum atomic E-state index is 11.2. The molecule has 0 fully saturated rings. The Balaban J connectivity index is 2.61. The first-order valence-corrected chi connectivity index (χ1v) is 4.52. The molecule has 15 heavy (non-hydrogen) atoms. The molecule has 1 aromatic rings. The van der Waals surface area contributed by atoms with Crippen LogP contribution in [0.4, 0.5) is 0 Å². The summed E-state index contributed by atoms with van der Waals surface area (Å²) in [6.45, 7) is 1.88. The highest BCUT2D eigenvalue weighted by molar-refractivity contribution is 5.80. The maximum Gasteiger partial charge on any atom is 0.237 e. The molecule has 0 aromatic carbocycles. The van der Waals surface area contributed by atoms with Gasteiger partial charge < -0.3 is 15.8 Å². The molecule has 0 saturated heterocycles. The molecule has 3 N–H and O–H groups in total. The van der Waals surface area contributed by atoms with Crippen molar-refractivity contribution in [3.63, 3.8) is 0 Å². The smallest absolute Gasteiger partial charge is 0.237 e. The van der Waals surface area contributed by atoms with Crippen LogP contribution < -0.4 is 15.8 Å². The summed E-state index contributed by atoms with van der Waals surface area (Å²) < 4.78 is 4.98. The zero-order valence-electron chi connectivity index (χ0n) is 8.73. The Hall–Kier alpha value is -1.69. The number of aromatic nitrogens is 2. The van der Waals surface area contributed by atoms with E-state index in [2.05, 4.69) is 15.3 Å². The fourth-order valence-electron chi connectivity index (χ4n) is 0.978. The molecular weight excluding hydrogens is 196 g/mol. The summed E-state index contributed by atoms with van der Waals surface area (Å²) in [6, 6.07) is -0.535. The van der Waals surface area contributed by atoms with Crippen molar-refractivity contribution in [2.45, 2.75) is 19.5 Å². The van der Waals surface area contributed by atoms with Gasteiger partial charge in [0.25, 0.3) is 0 Å². The molecule has 1 atom stereocenters. The highest BCUT2D eigenvalue weighted by Crippen LogP contribution is 2.09. The second-order valence-electron chi connectivity index (χ2n) is 3.02. The largest absolute Gasteiger partial charge is 0.480 e. The van der Waals surface area contributed by atoms with Gasteiger partial charge in [0.15, 0.2) is 0 Å². The van der Waals surface area contributed by atoms with E-state index < -0.39 is 6.04 Å². The molecule has 0 aliphatic carbocycles. The molecule has 0 radical (unpaired) electrons. The summed E-state index contributed by atoms with van der Waals surface area (Å²) in [5, 5.41) is 2.63. The number of nitrogens with zero attached hydrogens (tertiary/aromatic N) is 2. The van der Waals surface area contributed by atoms with E-state index in [4.69, 9.17) is 10.5 Å². The van der Waals surface area contributed by atoms with Crippen molar-refractivity contribution in [1.82, 2.24) is 15.3 Å². The van der Waals surface area contributed by atoms with E-state index in [9.17, 15) is 4.79 Å². The van der Waals surface area contributed by atoms with Gasteiger partial charge in [-0.15, -0.1) is 0 Å². The molecule has 0 bridgehead atoms. The molecule has 6 nitrogen and oxygen atoms in total. The van der Waals surface area contributed by atoms with Crippen molar-refractivity contribution in [3.05, 3.63) is 18.1 Å². The fourth-order valence-corrected chi connectivity index (χ4v) is 0.978. The van der Waals surface area contributed by atoms with Crippen LogP contribution in [0.1, 0.15) is 12.6 Å². The molecule has 0 spiro atoms. The Morgan fingerprint density at radius 3 is 2.87 bits per heavy atom. The summed E-state index contributed by atoms with van der Waals surface area (Å²) >= 11 is 0. The normalized spacial score (nSPS) is 11.9. The van der Waals surface area contributed by atoms with E-state index in [-0.39, 0.29) is 12.5 Å². The van der Waals surface area contributed by atoms with Crippen LogP contribution >= 0.6 is 0 Å². The van der Waals surface area contributed by atoms with Crippen molar-refractivity contribution >= 4 is 5.91 Å². The molecule has 1 aromatic heterocycles. The number of methoxy groups -OCH3 is 1. The fraction of sp³-hybridized carbons (Fsp3) is 0.444. The predicted molar refractivity (Wildman–Crippen MR) is 54.1 cm³/mol. The number of nitrogens with one attached hydrogen (secondary N) is 1. The van der Waals surface area contributed by atoms with Crippen molar-refractivity contribution in [1.29, 1.82) is 0 Å². The minimum atomic E-state index is -0.535. The summed E-state index contributed by atoms with van der Waals surface area (Å²) in [6.07, 6.45) is 3.06. The van der Waals surface area contributed by atoms with E-state index in [1.807, 2.05) is 0 Å². The first-order valence-electron chi connectivity index (χ1n) is 4.52. The SMILES string of the molecule is COc1nccnc1CNC(=O)C(C)N. The number of amides is 1. The third kappa shape index (κ3) is 3.17. The highest BCUT2D eigenvalue weighted by atomic mass is 16.5. The van der Waals surface area contributed by atoms with Crippen LogP contribution in [0.5, 0.6) is 5.88 Å². The lowest BCUT2D eigenvalue weighted by Gasteiger charge is -2.08. The first-order chi connectivity index (χ1) is 7.15. The number of carbonyl (C=O) groups excluding carboxylic acids is 1. The Morgan fingerprint density at radius 2 is 2.27 bits per heavy atom. The van der Waals surface area contributed by atoms with Gasteiger partial charge in [0.05, 0.1) is 19.7 Å². The van der Waals surface area contributed by atoms with Crippen LogP contribution in [0.3, 0.4) is 0 Å². The van der Waals surface area contributed by atoms with Gasteiger partial charge in [-0.3, -0.25) is 9.78 Å². The molecular formula is C9H14N4O2. The van der Waals surface area contributed by atoms with E-state index in [1.54, 1.807) is 6.92 Å². The lowest BCUT2D eigenvalue weighted by atomic mass is 10.3. The molecule has 0 aliphatic heterocycles. The van der Waals surface area contributed by atoms with Crippen LogP contribution in [0.15, 0.2) is 12.4 Å². The minimum Gasteiger partial charge on any atom is -0.480 e. The van der Waals surface area contributed by atoms with Crippen LogP contribution in [-0.4, -0.2) is 29.0 Å². The Kier molecular flexibility index (Phi) is 3.99. The van der Waals surface area contributed by atoms with E-state index in [1.165, 1.54) is 19.5 Å². The van der Waals surface area contributed by atoms with Gasteiger partial charge >= 0.3 is 0 Å². The highest BCUT2D eigenvalue weighted by Gasteiger charge is 2.09. The summed E-state index contributed by atoms with van der Waals surface area (Å²) in [5.41, 5.74) is 5.97. The van der Waals surface area contributed by atoms with Crippen LogP contribution in [-0.2, 0) is 11.3 Å². The first kappa shape index (κ1) is 11.4. The molecule has 1 rings (SSSR count). The molecule has 1 heterocycles. The van der Waals surface area contributed by atoms with Gasteiger partial charge in [0.1, 0.15) is 5.69 Å². The number of carbonyl (C=O) groups is 1. The molecule has 6 heteroatoms. The average Bonchev–Trinajstić information content (AvgIpc) is 2.26. The number of ether oxygens (including phenoxy) is 1. The van der Waals surface area contributed by atoms with Crippen molar-refractivity contribution in [3.8, 4) is 5.88 Å². The summed E-state index contributed by atoms with van der Waals surface area (Å²) in [4.78, 5) is 19.2. The number of hydrogen-bond acceptors (Lipinski definition) is 5. The topological polar surface area (TPSA) is 90.1 Å². The third-order valence-corrected chi connectivity index (χ3v) is 1.77. The van der Waals surface area contributed by atoms with Gasteiger partial charge in [-0.2, -0.15) is 0 Å². The van der Waals surface area contributed by atoms with Gasteiger partial charge in [-0.1, -0.05) is 0 Å². The van der Waals surface area contributed by atoms with Crippen LogP contribution in [0.2, 0.25) is 0 Å². The predicted octanol–water partition coefficient (Wildman–Crippen LogP) is -0.551. The Labute approximate surface area is 87.9 Å². The zero-order valence-corrected chi connectivity index (χ0v) is 8.73. The van der Waals surface area contributed by atoms with Crippen molar-refractivity contribution < 1.29 is 9.53 Å². The minimum absolute atomic E-state index is 0.234. The van der Waals surface area contributed by atoms with Gasteiger partial charge in [0, 0.05) is 12.4 Å². The maximum absolute atomic E-state index is 11.2. The van der Waals surface area contributed by atoms with Crippen molar-refractivity contribution in [2.75, 3.05) is 7.11 Å². The van der Waals surface area contributed by atoms with E-state index in [0.29, 0.717) is 11.6 Å². The van der Waals surface area contributed by atoms with Gasteiger partial charge in [-0.05, 0) is 6.92 Å². The molecule has 1 amide bonds. The quantitative estimate of drug-likeness (QED) is 0.695. The number of rotatable bonds is 4. The van der Waals surface area contributed by atoms with Crippen LogP contribution in [0, 0.1) is 0 Å². The second-order valence-corrected chi connectivity index (χ2v) is 3.02. The van der Waals surface area contributed by atoms with Gasteiger partial charge in [-0.25, -0.2) is 4.98 Å². The molecule has 1 unspecified atom stereocenters. The Morgan fingerprint density at radius 1 is 1.60 bits per heavy atom. The van der Waals surface area contributed by atoms with Crippen molar-refractivity contribution in [2.24, 2.45) is 5.73 Å². The average molecular weight is 210 g/mol. The zero-order chi connectivity index (χ0) is 11.3. The van der Waals surface area contributed by atoms with Gasteiger partial charge in [0.2, 0.25) is 11.8 Å². The summed E-state index contributed by atoms with van der Waals surface area (Å²) in [5.74, 6) is 0.171. The molecule has 82 valence electrons. The second kappa shape index (κ2) is 5.26. The molecule has 0 saturated carbocycles.